The SMILES string of the molecule is COc1cccc(C2=NN3[C@H](C2)c2ccccc2O[C@@H]3c2cccc(F)c2)c1. The third-order valence-electron chi connectivity index (χ3n) is 5.24. The van der Waals surface area contributed by atoms with Gasteiger partial charge in [-0.25, -0.2) is 9.40 Å². The van der Waals surface area contributed by atoms with E-state index in [1.807, 2.05) is 53.5 Å². The van der Waals surface area contributed by atoms with Gasteiger partial charge in [0, 0.05) is 23.1 Å². The number of fused-ring (bicyclic) bond motifs is 3. The molecule has 5 heteroatoms. The Morgan fingerprint density at radius 1 is 1.04 bits per heavy atom. The average molecular weight is 374 g/mol. The second kappa shape index (κ2) is 6.68. The molecule has 0 fully saturated rings. The highest BCUT2D eigenvalue weighted by Gasteiger charge is 2.40. The average Bonchev–Trinajstić information content (AvgIpc) is 3.19. The lowest BCUT2D eigenvalue weighted by Crippen LogP contribution is -2.33. The fraction of sp³-hybridized carbons (Fsp3) is 0.174. The van der Waals surface area contributed by atoms with Crippen LogP contribution >= 0.6 is 0 Å². The summed E-state index contributed by atoms with van der Waals surface area (Å²) in [6.45, 7) is 0. The van der Waals surface area contributed by atoms with Crippen LogP contribution in [0.1, 0.15) is 35.4 Å². The Balaban J connectivity index is 1.59. The molecule has 0 saturated carbocycles. The number of para-hydroxylation sites is 1. The first-order valence-electron chi connectivity index (χ1n) is 9.24. The van der Waals surface area contributed by atoms with Crippen LogP contribution in [0.15, 0.2) is 77.9 Å². The second-order valence-electron chi connectivity index (χ2n) is 6.94. The Kier molecular flexibility index (Phi) is 4.01. The molecule has 2 aliphatic rings. The second-order valence-corrected chi connectivity index (χ2v) is 6.94. The number of hydrogen-bond donors (Lipinski definition) is 0. The fourth-order valence-corrected chi connectivity index (χ4v) is 3.89. The van der Waals surface area contributed by atoms with Gasteiger partial charge in [0.05, 0.1) is 18.9 Å². The van der Waals surface area contributed by atoms with Gasteiger partial charge in [0.15, 0.2) is 0 Å². The maximum Gasteiger partial charge on any atom is 0.213 e. The summed E-state index contributed by atoms with van der Waals surface area (Å²) < 4.78 is 25.5. The highest BCUT2D eigenvalue weighted by atomic mass is 19.1. The minimum absolute atomic E-state index is 0.0411. The summed E-state index contributed by atoms with van der Waals surface area (Å²) in [5, 5.41) is 6.84. The lowest BCUT2D eigenvalue weighted by atomic mass is 9.96. The number of hydrogen-bond acceptors (Lipinski definition) is 4. The molecule has 140 valence electrons. The van der Waals surface area contributed by atoms with Crippen molar-refractivity contribution in [2.75, 3.05) is 7.11 Å². The number of benzene rings is 3. The molecule has 3 aromatic carbocycles. The molecule has 0 bridgehead atoms. The largest absolute Gasteiger partial charge is 0.497 e. The van der Waals surface area contributed by atoms with E-state index in [1.54, 1.807) is 13.2 Å². The molecule has 2 heterocycles. The van der Waals surface area contributed by atoms with Crippen LogP contribution in [-0.2, 0) is 0 Å². The number of ether oxygens (including phenoxy) is 2. The van der Waals surface area contributed by atoms with Crippen molar-refractivity contribution in [3.63, 3.8) is 0 Å². The maximum atomic E-state index is 13.9. The van der Waals surface area contributed by atoms with Crippen LogP contribution in [0.25, 0.3) is 0 Å². The molecular formula is C23H19FN2O2. The van der Waals surface area contributed by atoms with Crippen LogP contribution in [0, 0.1) is 5.82 Å². The van der Waals surface area contributed by atoms with Gasteiger partial charge in [0.2, 0.25) is 6.23 Å². The van der Waals surface area contributed by atoms with Gasteiger partial charge in [-0.05, 0) is 30.3 Å². The molecule has 3 aromatic rings. The topological polar surface area (TPSA) is 34.1 Å². The van der Waals surface area contributed by atoms with Crippen molar-refractivity contribution in [2.24, 2.45) is 5.10 Å². The van der Waals surface area contributed by atoms with Crippen molar-refractivity contribution in [1.29, 1.82) is 0 Å². The van der Waals surface area contributed by atoms with Crippen LogP contribution in [0.4, 0.5) is 4.39 Å². The first kappa shape index (κ1) is 16.8. The van der Waals surface area contributed by atoms with Gasteiger partial charge >= 0.3 is 0 Å². The normalized spacial score (nSPS) is 20.1. The summed E-state index contributed by atoms with van der Waals surface area (Å²) >= 11 is 0. The smallest absolute Gasteiger partial charge is 0.213 e. The van der Waals surface area contributed by atoms with E-state index in [0.717, 1.165) is 40.3 Å². The van der Waals surface area contributed by atoms with Crippen molar-refractivity contribution in [1.82, 2.24) is 5.01 Å². The van der Waals surface area contributed by atoms with Crippen LogP contribution < -0.4 is 9.47 Å². The van der Waals surface area contributed by atoms with Gasteiger partial charge in [-0.15, -0.1) is 0 Å². The van der Waals surface area contributed by atoms with E-state index in [-0.39, 0.29) is 11.9 Å². The molecule has 0 N–H and O–H groups in total. The molecule has 4 nitrogen and oxygen atoms in total. The molecule has 2 atom stereocenters. The predicted molar refractivity (Wildman–Crippen MR) is 105 cm³/mol. The van der Waals surface area contributed by atoms with Gasteiger partial charge in [-0.2, -0.15) is 5.10 Å². The van der Waals surface area contributed by atoms with Gasteiger partial charge < -0.3 is 9.47 Å². The summed E-state index contributed by atoms with van der Waals surface area (Å²) in [6.07, 6.45) is 0.276. The molecule has 5 rings (SSSR count). The van der Waals surface area contributed by atoms with Crippen molar-refractivity contribution in [3.8, 4) is 11.5 Å². The quantitative estimate of drug-likeness (QED) is 0.641. The number of nitrogens with zero attached hydrogens (tertiary/aromatic N) is 2. The molecule has 0 spiro atoms. The number of hydrazone groups is 1. The molecule has 0 aliphatic carbocycles. The molecule has 2 aliphatic heterocycles. The van der Waals surface area contributed by atoms with Gasteiger partial charge in [-0.3, -0.25) is 0 Å². The van der Waals surface area contributed by atoms with E-state index < -0.39 is 6.23 Å². The van der Waals surface area contributed by atoms with E-state index in [9.17, 15) is 4.39 Å². The van der Waals surface area contributed by atoms with Gasteiger partial charge in [-0.1, -0.05) is 42.5 Å². The van der Waals surface area contributed by atoms with E-state index in [4.69, 9.17) is 14.6 Å². The minimum Gasteiger partial charge on any atom is -0.497 e. The van der Waals surface area contributed by atoms with Crippen molar-refractivity contribution in [3.05, 3.63) is 95.3 Å². The Bertz CT molecular complexity index is 1070. The van der Waals surface area contributed by atoms with Crippen LogP contribution in [0.3, 0.4) is 0 Å². The summed E-state index contributed by atoms with van der Waals surface area (Å²) in [4.78, 5) is 0. The van der Waals surface area contributed by atoms with Crippen molar-refractivity contribution < 1.29 is 13.9 Å². The van der Waals surface area contributed by atoms with Crippen LogP contribution in [-0.4, -0.2) is 17.8 Å². The van der Waals surface area contributed by atoms with Crippen LogP contribution in [0.5, 0.6) is 11.5 Å². The Morgan fingerprint density at radius 2 is 1.89 bits per heavy atom. The zero-order valence-electron chi connectivity index (χ0n) is 15.4. The molecule has 0 unspecified atom stereocenters. The summed E-state index contributed by atoms with van der Waals surface area (Å²) in [6, 6.07) is 22.4. The zero-order chi connectivity index (χ0) is 19.1. The monoisotopic (exact) mass is 374 g/mol. The van der Waals surface area contributed by atoms with E-state index >= 15 is 0 Å². The Morgan fingerprint density at radius 3 is 2.75 bits per heavy atom. The highest BCUT2D eigenvalue weighted by molar-refractivity contribution is 6.02. The van der Waals surface area contributed by atoms with Gasteiger partial charge in [0.25, 0.3) is 0 Å². The minimum atomic E-state index is -0.473. The Labute approximate surface area is 162 Å². The lowest BCUT2D eigenvalue weighted by Gasteiger charge is -2.38. The first-order chi connectivity index (χ1) is 13.7. The van der Waals surface area contributed by atoms with Crippen molar-refractivity contribution >= 4 is 5.71 Å². The molecule has 0 saturated heterocycles. The van der Waals surface area contributed by atoms with E-state index in [1.165, 1.54) is 12.1 Å². The maximum absolute atomic E-state index is 13.9. The highest BCUT2D eigenvalue weighted by Crippen LogP contribution is 2.47. The van der Waals surface area contributed by atoms with Crippen molar-refractivity contribution in [2.45, 2.75) is 18.7 Å². The molecule has 0 aromatic heterocycles. The predicted octanol–water partition coefficient (Wildman–Crippen LogP) is 5.08. The Hall–Kier alpha value is -3.34. The number of halogens is 1. The zero-order valence-corrected chi connectivity index (χ0v) is 15.4. The van der Waals surface area contributed by atoms with E-state index in [2.05, 4.69) is 6.07 Å². The summed E-state index contributed by atoms with van der Waals surface area (Å²) in [5.41, 5.74) is 3.82. The first-order valence-corrected chi connectivity index (χ1v) is 9.24. The summed E-state index contributed by atoms with van der Waals surface area (Å²) in [7, 11) is 1.66. The standard InChI is InChI=1S/C23H19FN2O2/c1-27-18-9-5-6-15(13-18)20-14-21-19-10-2-3-11-22(19)28-23(26(21)25-20)16-7-4-8-17(24)12-16/h2-13,21,23H,14H2,1H3/t21-,23-/m1/s1. The summed E-state index contributed by atoms with van der Waals surface area (Å²) in [5.74, 6) is 1.33. The molecular weight excluding hydrogens is 355 g/mol. The number of methoxy groups -OCH3 is 1. The molecule has 0 amide bonds. The van der Waals surface area contributed by atoms with Gasteiger partial charge in [0.1, 0.15) is 17.3 Å². The molecule has 28 heavy (non-hydrogen) atoms. The molecule has 0 radical (unpaired) electrons. The third kappa shape index (κ3) is 2.80. The van der Waals surface area contributed by atoms with E-state index in [0.29, 0.717) is 0 Å². The number of rotatable bonds is 3. The lowest BCUT2D eigenvalue weighted by molar-refractivity contribution is -0.0192. The third-order valence-corrected chi connectivity index (χ3v) is 5.24. The van der Waals surface area contributed by atoms with Crippen LogP contribution in [0.2, 0.25) is 0 Å². The fourth-order valence-electron chi connectivity index (χ4n) is 3.89.